The molecule has 60 heavy (non-hydrogen) atoms. The fourth-order valence-electron chi connectivity index (χ4n) is 5.73. The first-order valence-corrected chi connectivity index (χ1v) is 20.5. The molecule has 0 bridgehead atoms. The van der Waals surface area contributed by atoms with Crippen molar-refractivity contribution in [3.05, 3.63) is 180 Å². The van der Waals surface area contributed by atoms with Gasteiger partial charge in [0.2, 0.25) is 0 Å². The highest BCUT2D eigenvalue weighted by molar-refractivity contribution is 6.04. The summed E-state index contributed by atoms with van der Waals surface area (Å²) in [6, 6.07) is 25.5. The first-order chi connectivity index (χ1) is 28.1. The SMILES string of the molecule is CN(C)c1ccc(C(=C2C=CC(=[N+](C)C)C=C2)c2cccnc2)cc1.CN(C)c1ccc(C(=C2C=CC(=[N+](C)C)C=C2)c2cccnc2)cc1.[O-][Cl+3]([O-])([O-])[O-].[O-][Cl+3]([O-])([O-])[O-]. The van der Waals surface area contributed by atoms with Crippen molar-refractivity contribution in [3.63, 3.8) is 0 Å². The summed E-state index contributed by atoms with van der Waals surface area (Å²) in [7, 11) is 6.56. The van der Waals surface area contributed by atoms with Gasteiger partial charge in [-0.1, -0.05) is 36.4 Å². The standard InChI is InChI=1S/2C22H24N3.2ClHO4/c2*1-24(2)20-11-7-17(8-12-20)22(19-6-5-15-23-16-19)18-9-13-21(14-10-18)25(3)4;2*2-1(3,4)5/h2*5-16H,1-4H3;2*(H,2,3,4,5)/q2*+1;;/p-2. The molecule has 2 aromatic heterocycles. The molecule has 0 spiro atoms. The molecular weight excluding hydrogens is 811 g/mol. The van der Waals surface area contributed by atoms with Crippen molar-refractivity contribution in [3.8, 4) is 0 Å². The molecule has 0 amide bonds. The lowest BCUT2D eigenvalue weighted by Gasteiger charge is -2.17. The maximum absolute atomic E-state index is 8.49. The maximum atomic E-state index is 8.49. The van der Waals surface area contributed by atoms with Crippen LogP contribution in [0.25, 0.3) is 11.1 Å². The summed E-state index contributed by atoms with van der Waals surface area (Å²) >= 11 is 0. The molecule has 2 heterocycles. The molecule has 6 rings (SSSR count). The Balaban J connectivity index is 0.000000262. The minimum Gasteiger partial charge on any atom is -0.378 e. The van der Waals surface area contributed by atoms with Gasteiger partial charge in [0, 0.05) is 99.8 Å². The molecule has 0 aliphatic heterocycles. The molecular formula is C44H48Cl2N6O8. The molecule has 0 N–H and O–H groups in total. The summed E-state index contributed by atoms with van der Waals surface area (Å²) in [6.07, 6.45) is 24.8. The molecule has 14 nitrogen and oxygen atoms in total. The van der Waals surface area contributed by atoms with Crippen molar-refractivity contribution in [1.29, 1.82) is 0 Å². The van der Waals surface area contributed by atoms with E-state index >= 15 is 0 Å². The monoisotopic (exact) mass is 858 g/mol. The predicted octanol–water partition coefficient (Wildman–Crippen LogP) is -1.93. The van der Waals surface area contributed by atoms with Crippen molar-refractivity contribution in [2.45, 2.75) is 0 Å². The van der Waals surface area contributed by atoms with Crippen LogP contribution in [0, 0.1) is 20.5 Å². The zero-order valence-electron chi connectivity index (χ0n) is 34.6. The van der Waals surface area contributed by atoms with Gasteiger partial charge >= 0.3 is 0 Å². The Morgan fingerprint density at radius 3 is 0.933 bits per heavy atom. The van der Waals surface area contributed by atoms with E-state index in [9.17, 15) is 0 Å². The van der Waals surface area contributed by atoms with Crippen LogP contribution in [0.4, 0.5) is 11.4 Å². The molecule has 0 atom stereocenters. The minimum atomic E-state index is -4.94. The van der Waals surface area contributed by atoms with Crippen molar-refractivity contribution in [2.24, 2.45) is 0 Å². The minimum absolute atomic E-state index is 1.12. The Morgan fingerprint density at radius 2 is 0.717 bits per heavy atom. The van der Waals surface area contributed by atoms with E-state index in [0.717, 1.165) is 11.1 Å². The van der Waals surface area contributed by atoms with Crippen molar-refractivity contribution in [2.75, 3.05) is 66.2 Å². The van der Waals surface area contributed by atoms with Crippen LogP contribution in [-0.4, -0.2) is 86.9 Å². The first-order valence-electron chi connectivity index (χ1n) is 18.0. The molecule has 2 aliphatic carbocycles. The van der Waals surface area contributed by atoms with Gasteiger partial charge in [0.05, 0.1) is 0 Å². The zero-order chi connectivity index (χ0) is 44.6. The topological polar surface area (TPSA) is 223 Å². The average molecular weight is 860 g/mol. The Hall–Kier alpha value is -5.62. The quantitative estimate of drug-likeness (QED) is 0.194. The predicted molar refractivity (Wildman–Crippen MR) is 213 cm³/mol. The average Bonchev–Trinajstić information content (AvgIpc) is 3.19. The van der Waals surface area contributed by atoms with E-state index in [0.29, 0.717) is 0 Å². The molecule has 0 saturated heterocycles. The maximum Gasteiger partial charge on any atom is 0.199 e. The molecule has 0 radical (unpaired) electrons. The second kappa shape index (κ2) is 22.7. The second-order valence-corrected chi connectivity index (χ2v) is 15.3. The number of aromatic nitrogens is 2. The van der Waals surface area contributed by atoms with E-state index in [1.165, 1.54) is 56.2 Å². The van der Waals surface area contributed by atoms with Gasteiger partial charge in [-0.25, -0.2) is 46.4 Å². The van der Waals surface area contributed by atoms with Crippen LogP contribution in [0.2, 0.25) is 0 Å². The summed E-state index contributed by atoms with van der Waals surface area (Å²) in [5, 5.41) is 0. The number of hydrogen-bond donors (Lipinski definition) is 0. The molecule has 316 valence electrons. The summed E-state index contributed by atoms with van der Waals surface area (Å²) < 4.78 is 72.2. The molecule has 2 aliphatic rings. The Bertz CT molecular complexity index is 2050. The van der Waals surface area contributed by atoms with Gasteiger partial charge in [0.25, 0.3) is 0 Å². The fourth-order valence-corrected chi connectivity index (χ4v) is 5.73. The third kappa shape index (κ3) is 16.9. The van der Waals surface area contributed by atoms with Gasteiger partial charge < -0.3 is 9.80 Å². The van der Waals surface area contributed by atoms with E-state index in [-0.39, 0.29) is 0 Å². The summed E-state index contributed by atoms with van der Waals surface area (Å²) in [6.45, 7) is 0. The lowest BCUT2D eigenvalue weighted by Crippen LogP contribution is -2.68. The van der Waals surface area contributed by atoms with E-state index in [2.05, 4.69) is 195 Å². The van der Waals surface area contributed by atoms with Crippen molar-refractivity contribution < 1.29 is 66.9 Å². The Kier molecular flexibility index (Phi) is 18.4. The van der Waals surface area contributed by atoms with Gasteiger partial charge in [-0.3, -0.25) is 9.97 Å². The second-order valence-electron chi connectivity index (χ2n) is 13.8. The van der Waals surface area contributed by atoms with Crippen LogP contribution in [-0.2, 0) is 0 Å². The molecule has 16 heteroatoms. The van der Waals surface area contributed by atoms with Crippen LogP contribution in [0.15, 0.2) is 157 Å². The lowest BCUT2D eigenvalue weighted by atomic mass is 9.91. The summed E-state index contributed by atoms with van der Waals surface area (Å²) in [5.41, 5.74) is 14.2. The normalized spacial score (nSPS) is 12.9. The third-order valence-corrected chi connectivity index (χ3v) is 8.59. The van der Waals surface area contributed by atoms with E-state index in [4.69, 9.17) is 37.3 Å². The smallest absolute Gasteiger partial charge is 0.199 e. The molecule has 0 unspecified atom stereocenters. The largest absolute Gasteiger partial charge is 0.378 e. The highest BCUT2D eigenvalue weighted by Gasteiger charge is 2.15. The number of hydrogen-bond acceptors (Lipinski definition) is 12. The van der Waals surface area contributed by atoms with E-state index in [1.807, 2.05) is 36.9 Å². The first kappa shape index (κ1) is 48.7. The van der Waals surface area contributed by atoms with Crippen molar-refractivity contribution >= 4 is 33.9 Å². The van der Waals surface area contributed by atoms with Gasteiger partial charge in [-0.15, -0.1) is 20.5 Å². The van der Waals surface area contributed by atoms with Gasteiger partial charge in [0.1, 0.15) is 28.2 Å². The fraction of sp³-hybridized carbons (Fsp3) is 0.182. The number of halogens is 2. The number of allylic oxidation sites excluding steroid dienone is 10. The van der Waals surface area contributed by atoms with Crippen molar-refractivity contribution in [1.82, 2.24) is 9.97 Å². The van der Waals surface area contributed by atoms with E-state index < -0.39 is 20.5 Å². The third-order valence-electron chi connectivity index (χ3n) is 8.59. The molecule has 0 saturated carbocycles. The summed E-state index contributed by atoms with van der Waals surface area (Å²) in [4.78, 5) is 12.8. The zero-order valence-corrected chi connectivity index (χ0v) is 36.1. The summed E-state index contributed by atoms with van der Waals surface area (Å²) in [5.74, 6) is 0. The van der Waals surface area contributed by atoms with Gasteiger partial charge in [0.15, 0.2) is 11.4 Å². The van der Waals surface area contributed by atoms with Gasteiger partial charge in [-0.05, 0) is 94.1 Å². The van der Waals surface area contributed by atoms with Gasteiger partial charge in [-0.2, -0.15) is 0 Å². The number of benzene rings is 2. The number of pyridine rings is 2. The van der Waals surface area contributed by atoms with Crippen LogP contribution < -0.4 is 47.1 Å². The van der Waals surface area contributed by atoms with Crippen LogP contribution >= 0.6 is 0 Å². The van der Waals surface area contributed by atoms with Crippen LogP contribution in [0.5, 0.6) is 0 Å². The van der Waals surface area contributed by atoms with Crippen LogP contribution in [0.3, 0.4) is 0 Å². The Morgan fingerprint density at radius 1 is 0.433 bits per heavy atom. The number of anilines is 2. The molecule has 2 aromatic carbocycles. The molecule has 0 fully saturated rings. The van der Waals surface area contributed by atoms with E-state index in [1.54, 1.807) is 0 Å². The highest BCUT2D eigenvalue weighted by atomic mass is 35.7. The number of rotatable bonds is 6. The molecule has 4 aromatic rings. The Labute approximate surface area is 355 Å². The lowest BCUT2D eigenvalue weighted by molar-refractivity contribution is -2.00. The van der Waals surface area contributed by atoms with Crippen LogP contribution in [0.1, 0.15) is 22.3 Å². The highest BCUT2D eigenvalue weighted by Crippen LogP contribution is 2.31. The number of nitrogens with zero attached hydrogens (tertiary/aromatic N) is 6.